The molecule has 0 aromatic heterocycles. The highest BCUT2D eigenvalue weighted by Gasteiger charge is 2.31. The van der Waals surface area contributed by atoms with Crippen molar-refractivity contribution in [1.82, 2.24) is 4.90 Å². The molecule has 3 rings (SSSR count). The zero-order valence-electron chi connectivity index (χ0n) is 18.0. The van der Waals surface area contributed by atoms with Gasteiger partial charge in [0.05, 0.1) is 0 Å². The van der Waals surface area contributed by atoms with Crippen LogP contribution in [0, 0.1) is 0 Å². The van der Waals surface area contributed by atoms with Crippen molar-refractivity contribution in [1.29, 1.82) is 0 Å². The van der Waals surface area contributed by atoms with Crippen molar-refractivity contribution < 1.29 is 14.3 Å². The summed E-state index contributed by atoms with van der Waals surface area (Å²) in [4.78, 5) is 14.8. The highest BCUT2D eigenvalue weighted by molar-refractivity contribution is 7.99. The number of nitrogens with zero attached hydrogens (tertiary/aromatic N) is 1. The molecule has 1 saturated heterocycles. The van der Waals surface area contributed by atoms with Gasteiger partial charge in [-0.25, -0.2) is 0 Å². The molecule has 0 saturated carbocycles. The van der Waals surface area contributed by atoms with Crippen LogP contribution in [0.25, 0.3) is 0 Å². The zero-order valence-corrected chi connectivity index (χ0v) is 18.8. The fourth-order valence-corrected chi connectivity index (χ4v) is 5.42. The van der Waals surface area contributed by atoms with E-state index in [9.17, 15) is 4.79 Å². The number of ether oxygens (including phenoxy) is 2. The maximum absolute atomic E-state index is 12.8. The van der Waals surface area contributed by atoms with E-state index in [1.54, 1.807) is 0 Å². The van der Waals surface area contributed by atoms with Crippen LogP contribution in [0.5, 0.6) is 11.5 Å². The second-order valence-electron chi connectivity index (χ2n) is 8.21. The maximum Gasteiger partial charge on any atom is 0.231 e. The van der Waals surface area contributed by atoms with Gasteiger partial charge in [-0.1, -0.05) is 77.2 Å². The molecule has 1 fully saturated rings. The molecule has 1 unspecified atom stereocenters. The highest BCUT2D eigenvalue weighted by atomic mass is 32.2. The minimum Gasteiger partial charge on any atom is -0.454 e. The van der Waals surface area contributed by atoms with Crippen LogP contribution in [-0.2, 0) is 4.79 Å². The van der Waals surface area contributed by atoms with Gasteiger partial charge in [0.15, 0.2) is 11.5 Å². The average Bonchev–Trinajstić information content (AvgIpc) is 3.40. The Kier molecular flexibility index (Phi) is 9.52. The first-order chi connectivity index (χ1) is 14.3. The number of unbranched alkanes of at least 4 members (excludes halogenated alkanes) is 10. The predicted molar refractivity (Wildman–Crippen MR) is 121 cm³/mol. The minimum absolute atomic E-state index is 0.115. The van der Waals surface area contributed by atoms with Crippen molar-refractivity contribution in [3.63, 3.8) is 0 Å². The van der Waals surface area contributed by atoms with Crippen LogP contribution < -0.4 is 9.47 Å². The van der Waals surface area contributed by atoms with Crippen LogP contribution in [0.4, 0.5) is 0 Å². The molecule has 0 radical (unpaired) electrons. The van der Waals surface area contributed by atoms with Crippen LogP contribution in [0.15, 0.2) is 18.2 Å². The van der Waals surface area contributed by atoms with Crippen LogP contribution >= 0.6 is 11.8 Å². The molecule has 1 amide bonds. The summed E-state index contributed by atoms with van der Waals surface area (Å²) in [6.45, 7) is 3.41. The average molecular weight is 420 g/mol. The Bertz CT molecular complexity index is 637. The number of amides is 1. The molecular formula is C24H37NO3S. The first-order valence-corrected chi connectivity index (χ1v) is 12.6. The zero-order chi connectivity index (χ0) is 20.3. The monoisotopic (exact) mass is 419 g/mol. The van der Waals surface area contributed by atoms with Gasteiger partial charge in [0.2, 0.25) is 12.7 Å². The quantitative estimate of drug-likeness (QED) is 0.334. The van der Waals surface area contributed by atoms with Gasteiger partial charge in [-0.2, -0.15) is 0 Å². The smallest absolute Gasteiger partial charge is 0.231 e. The third kappa shape index (κ3) is 6.84. The second-order valence-corrected chi connectivity index (χ2v) is 9.40. The Morgan fingerprint density at radius 1 is 0.966 bits per heavy atom. The van der Waals surface area contributed by atoms with Crippen LogP contribution in [-0.4, -0.2) is 29.9 Å². The maximum atomic E-state index is 12.8. The Balaban J connectivity index is 1.30. The van der Waals surface area contributed by atoms with E-state index in [-0.39, 0.29) is 12.2 Å². The number of hydrogen-bond donors (Lipinski definition) is 0. The molecular weight excluding hydrogens is 382 g/mol. The van der Waals surface area contributed by atoms with Gasteiger partial charge in [-0.05, 0) is 24.1 Å². The highest BCUT2D eigenvalue weighted by Crippen LogP contribution is 2.42. The second kappa shape index (κ2) is 12.4. The predicted octanol–water partition coefficient (Wildman–Crippen LogP) is 6.69. The van der Waals surface area contributed by atoms with Crippen molar-refractivity contribution in [2.45, 2.75) is 89.3 Å². The molecule has 4 nitrogen and oxygen atoms in total. The molecule has 5 heteroatoms. The number of hydrogen-bond acceptors (Lipinski definition) is 4. The van der Waals surface area contributed by atoms with Gasteiger partial charge in [-0.15, -0.1) is 11.8 Å². The first-order valence-electron chi connectivity index (χ1n) is 11.6. The number of fused-ring (bicyclic) bond motifs is 1. The van der Waals surface area contributed by atoms with Gasteiger partial charge in [0, 0.05) is 18.7 Å². The third-order valence-electron chi connectivity index (χ3n) is 5.89. The number of carbonyl (C=O) groups excluding carboxylic acids is 1. The lowest BCUT2D eigenvalue weighted by atomic mass is 10.0. The molecule has 1 aromatic rings. The Morgan fingerprint density at radius 2 is 1.62 bits per heavy atom. The summed E-state index contributed by atoms with van der Waals surface area (Å²) in [7, 11) is 0. The lowest BCUT2D eigenvalue weighted by Gasteiger charge is -2.24. The SMILES string of the molecule is CCCCCCCCCCCCCC(=O)N1CCSC1c1ccc2c(c1)OCO2. The fourth-order valence-electron chi connectivity index (χ4n) is 4.15. The van der Waals surface area contributed by atoms with Gasteiger partial charge in [0.25, 0.3) is 0 Å². The van der Waals surface area contributed by atoms with Gasteiger partial charge >= 0.3 is 0 Å². The summed E-state index contributed by atoms with van der Waals surface area (Å²) < 4.78 is 10.9. The fraction of sp³-hybridized carbons (Fsp3) is 0.708. The molecule has 0 N–H and O–H groups in total. The largest absolute Gasteiger partial charge is 0.454 e. The summed E-state index contributed by atoms with van der Waals surface area (Å²) in [6, 6.07) is 6.07. The number of rotatable bonds is 13. The van der Waals surface area contributed by atoms with Crippen molar-refractivity contribution in [3.05, 3.63) is 23.8 Å². The molecule has 0 aliphatic carbocycles. The molecule has 0 bridgehead atoms. The lowest BCUT2D eigenvalue weighted by molar-refractivity contribution is -0.131. The van der Waals surface area contributed by atoms with Gasteiger partial charge in [-0.3, -0.25) is 4.79 Å². The van der Waals surface area contributed by atoms with E-state index >= 15 is 0 Å². The van der Waals surface area contributed by atoms with Crippen molar-refractivity contribution in [2.24, 2.45) is 0 Å². The first kappa shape index (κ1) is 22.3. The van der Waals surface area contributed by atoms with Crippen LogP contribution in [0.2, 0.25) is 0 Å². The van der Waals surface area contributed by atoms with E-state index in [0.717, 1.165) is 35.8 Å². The van der Waals surface area contributed by atoms with Gasteiger partial charge < -0.3 is 14.4 Å². The van der Waals surface area contributed by atoms with Crippen LogP contribution in [0.1, 0.15) is 94.9 Å². The molecule has 2 heterocycles. The molecule has 162 valence electrons. The number of thioether (sulfide) groups is 1. The van der Waals surface area contributed by atoms with Gasteiger partial charge in [0.1, 0.15) is 5.37 Å². The number of benzene rings is 1. The topological polar surface area (TPSA) is 38.8 Å². The van der Waals surface area contributed by atoms with E-state index in [0.29, 0.717) is 12.3 Å². The van der Waals surface area contributed by atoms with Crippen molar-refractivity contribution in [3.8, 4) is 11.5 Å². The summed E-state index contributed by atoms with van der Waals surface area (Å²) in [5, 5.41) is 0.115. The summed E-state index contributed by atoms with van der Waals surface area (Å²) >= 11 is 1.85. The summed E-state index contributed by atoms with van der Waals surface area (Å²) in [6.07, 6.45) is 15.1. The normalized spacial score (nSPS) is 17.8. The molecule has 2 aliphatic rings. The van der Waals surface area contributed by atoms with Crippen molar-refractivity contribution in [2.75, 3.05) is 19.1 Å². The molecule has 1 aromatic carbocycles. The van der Waals surface area contributed by atoms with E-state index in [1.165, 1.54) is 64.2 Å². The Hall–Kier alpha value is -1.36. The molecule has 0 spiro atoms. The van der Waals surface area contributed by atoms with E-state index in [1.807, 2.05) is 23.9 Å². The Morgan fingerprint density at radius 3 is 2.34 bits per heavy atom. The van der Waals surface area contributed by atoms with E-state index < -0.39 is 0 Å². The lowest BCUT2D eigenvalue weighted by Crippen LogP contribution is -2.30. The summed E-state index contributed by atoms with van der Waals surface area (Å²) in [5.41, 5.74) is 1.14. The standard InChI is InChI=1S/C24H37NO3S/c1-2-3-4-5-6-7-8-9-10-11-12-13-23(26)25-16-17-29-24(25)20-14-15-21-22(18-20)28-19-27-21/h14-15,18,24H,2-13,16-17,19H2,1H3. The van der Waals surface area contributed by atoms with Crippen molar-refractivity contribution >= 4 is 17.7 Å². The van der Waals surface area contributed by atoms with Crippen LogP contribution in [0.3, 0.4) is 0 Å². The molecule has 1 atom stereocenters. The van der Waals surface area contributed by atoms with E-state index in [4.69, 9.17) is 9.47 Å². The molecule has 2 aliphatic heterocycles. The van der Waals surface area contributed by atoms with E-state index in [2.05, 4.69) is 17.9 Å². The number of carbonyl (C=O) groups is 1. The third-order valence-corrected chi connectivity index (χ3v) is 7.15. The summed E-state index contributed by atoms with van der Waals surface area (Å²) in [5.74, 6) is 2.90. The minimum atomic E-state index is 0.115. The molecule has 29 heavy (non-hydrogen) atoms. The Labute approximate surface area is 180 Å².